The van der Waals surface area contributed by atoms with Crippen molar-refractivity contribution >= 4 is 17.2 Å². The lowest BCUT2D eigenvalue weighted by atomic mass is 10.1. The van der Waals surface area contributed by atoms with Gasteiger partial charge in [0, 0.05) is 17.5 Å². The van der Waals surface area contributed by atoms with E-state index in [0.29, 0.717) is 22.9 Å². The van der Waals surface area contributed by atoms with Crippen molar-refractivity contribution in [3.8, 4) is 16.3 Å². The lowest BCUT2D eigenvalue weighted by molar-refractivity contribution is -0.137. The minimum atomic E-state index is -4.43. The molecule has 1 amide bonds. The van der Waals surface area contributed by atoms with Crippen LogP contribution in [0.5, 0.6) is 5.75 Å². The van der Waals surface area contributed by atoms with Crippen LogP contribution in [0.15, 0.2) is 78.2 Å². The molecule has 0 spiro atoms. The molecule has 1 heterocycles. The number of hydrogen-bond acceptors (Lipinski definition) is 4. The lowest BCUT2D eigenvalue weighted by Gasteiger charge is -2.09. The van der Waals surface area contributed by atoms with Gasteiger partial charge in [-0.3, -0.25) is 4.79 Å². The highest BCUT2D eigenvalue weighted by Gasteiger charge is 2.30. The van der Waals surface area contributed by atoms with E-state index < -0.39 is 17.6 Å². The monoisotopic (exact) mass is 482 g/mol. The standard InChI is InChI=1S/C26H21F3N2O2S/c1-17-5-2-7-19(11-17)15-33-22-10-4-8-20(13-22)25-31-23(16-34-25)24(32)30-14-18-6-3-9-21(12-18)26(27,28)29/h2-13,16H,14-15H2,1H3,(H,30,32). The number of rotatable bonds is 7. The maximum atomic E-state index is 12.9. The molecule has 174 valence electrons. The summed E-state index contributed by atoms with van der Waals surface area (Å²) in [5, 5.41) is 4.89. The number of nitrogens with one attached hydrogen (secondary N) is 1. The van der Waals surface area contributed by atoms with Crippen molar-refractivity contribution in [2.45, 2.75) is 26.3 Å². The third-order valence-corrected chi connectivity index (χ3v) is 5.90. The van der Waals surface area contributed by atoms with Gasteiger partial charge >= 0.3 is 6.18 Å². The van der Waals surface area contributed by atoms with Crippen LogP contribution in [0.2, 0.25) is 0 Å². The number of hydrogen-bond donors (Lipinski definition) is 1. The van der Waals surface area contributed by atoms with E-state index in [9.17, 15) is 18.0 Å². The Morgan fingerprint density at radius 1 is 1.00 bits per heavy atom. The average Bonchev–Trinajstić information content (AvgIpc) is 3.32. The highest BCUT2D eigenvalue weighted by molar-refractivity contribution is 7.13. The van der Waals surface area contributed by atoms with Gasteiger partial charge in [-0.1, -0.05) is 54.1 Å². The molecule has 8 heteroatoms. The van der Waals surface area contributed by atoms with Gasteiger partial charge in [-0.05, 0) is 42.3 Å². The third-order valence-electron chi connectivity index (χ3n) is 5.01. The minimum absolute atomic E-state index is 0.0299. The van der Waals surface area contributed by atoms with Crippen LogP contribution in [0.3, 0.4) is 0 Å². The zero-order valence-electron chi connectivity index (χ0n) is 18.2. The first kappa shape index (κ1) is 23.5. The van der Waals surface area contributed by atoms with Crippen molar-refractivity contribution in [1.82, 2.24) is 10.3 Å². The van der Waals surface area contributed by atoms with Crippen LogP contribution in [-0.2, 0) is 19.3 Å². The van der Waals surface area contributed by atoms with Crippen molar-refractivity contribution in [2.24, 2.45) is 0 Å². The van der Waals surface area contributed by atoms with Gasteiger partial charge in [0.2, 0.25) is 0 Å². The average molecular weight is 483 g/mol. The van der Waals surface area contributed by atoms with Crippen molar-refractivity contribution in [2.75, 3.05) is 0 Å². The second-order valence-electron chi connectivity index (χ2n) is 7.72. The number of nitrogens with zero attached hydrogens (tertiary/aromatic N) is 1. The molecule has 1 N–H and O–H groups in total. The molecule has 0 fully saturated rings. The van der Waals surface area contributed by atoms with Gasteiger partial charge in [-0.25, -0.2) is 4.98 Å². The SMILES string of the molecule is Cc1cccc(COc2cccc(-c3nc(C(=O)NCc4cccc(C(F)(F)F)c4)cs3)c2)c1. The smallest absolute Gasteiger partial charge is 0.416 e. The summed E-state index contributed by atoms with van der Waals surface area (Å²) in [6.45, 7) is 2.43. The Morgan fingerprint density at radius 2 is 1.76 bits per heavy atom. The van der Waals surface area contributed by atoms with Gasteiger partial charge in [0.1, 0.15) is 23.1 Å². The second kappa shape index (κ2) is 10.1. The minimum Gasteiger partial charge on any atom is -0.489 e. The number of carbonyl (C=O) groups excluding carboxylic acids is 1. The molecule has 4 aromatic rings. The molecule has 0 atom stereocenters. The largest absolute Gasteiger partial charge is 0.489 e. The number of carbonyl (C=O) groups is 1. The van der Waals surface area contributed by atoms with E-state index in [1.807, 2.05) is 49.4 Å². The molecule has 0 aliphatic carbocycles. The van der Waals surface area contributed by atoms with Crippen molar-refractivity contribution in [1.29, 1.82) is 0 Å². The number of aryl methyl sites for hydroxylation is 1. The summed E-state index contributed by atoms with van der Waals surface area (Å²) in [6, 6.07) is 20.4. The van der Waals surface area contributed by atoms with Crippen LogP contribution in [-0.4, -0.2) is 10.9 Å². The number of benzene rings is 3. The molecule has 0 aliphatic heterocycles. The van der Waals surface area contributed by atoms with E-state index in [-0.39, 0.29) is 12.2 Å². The topological polar surface area (TPSA) is 51.2 Å². The van der Waals surface area contributed by atoms with Crippen LogP contribution in [0.1, 0.15) is 32.7 Å². The number of aromatic nitrogens is 1. The molecule has 4 nitrogen and oxygen atoms in total. The highest BCUT2D eigenvalue weighted by atomic mass is 32.1. The van der Waals surface area contributed by atoms with Gasteiger partial charge in [-0.2, -0.15) is 13.2 Å². The first-order valence-electron chi connectivity index (χ1n) is 10.5. The zero-order valence-corrected chi connectivity index (χ0v) is 19.0. The Morgan fingerprint density at radius 3 is 2.56 bits per heavy atom. The molecule has 0 saturated heterocycles. The summed E-state index contributed by atoms with van der Waals surface area (Å²) in [7, 11) is 0. The fourth-order valence-electron chi connectivity index (χ4n) is 3.33. The summed E-state index contributed by atoms with van der Waals surface area (Å²) in [5.41, 5.74) is 2.86. The first-order chi connectivity index (χ1) is 16.3. The molecule has 4 rings (SSSR count). The highest BCUT2D eigenvalue weighted by Crippen LogP contribution is 2.30. The maximum absolute atomic E-state index is 12.9. The van der Waals surface area contributed by atoms with Gasteiger partial charge in [0.15, 0.2) is 0 Å². The molecule has 3 aromatic carbocycles. The van der Waals surface area contributed by atoms with E-state index in [2.05, 4.69) is 16.4 Å². The fraction of sp³-hybridized carbons (Fsp3) is 0.154. The number of halogens is 3. The Labute approximate surface area is 199 Å². The van der Waals surface area contributed by atoms with E-state index in [0.717, 1.165) is 28.8 Å². The van der Waals surface area contributed by atoms with Crippen molar-refractivity contribution in [3.63, 3.8) is 0 Å². The molecule has 0 saturated carbocycles. The quantitative estimate of drug-likeness (QED) is 0.321. The van der Waals surface area contributed by atoms with Crippen LogP contribution in [0.4, 0.5) is 13.2 Å². The summed E-state index contributed by atoms with van der Waals surface area (Å²) in [6.07, 6.45) is -4.43. The molecular weight excluding hydrogens is 461 g/mol. The number of alkyl halides is 3. The van der Waals surface area contributed by atoms with E-state index in [1.54, 1.807) is 5.38 Å². The Bertz CT molecular complexity index is 1300. The zero-order chi connectivity index (χ0) is 24.1. The van der Waals surface area contributed by atoms with Gasteiger partial charge < -0.3 is 10.1 Å². The van der Waals surface area contributed by atoms with Crippen LogP contribution >= 0.6 is 11.3 Å². The first-order valence-corrected chi connectivity index (χ1v) is 11.3. The summed E-state index contributed by atoms with van der Waals surface area (Å²) in [4.78, 5) is 16.9. The van der Waals surface area contributed by atoms with E-state index in [1.165, 1.54) is 23.5 Å². The van der Waals surface area contributed by atoms with Crippen LogP contribution in [0.25, 0.3) is 10.6 Å². The Kier molecular flexibility index (Phi) is 6.98. The summed E-state index contributed by atoms with van der Waals surface area (Å²) < 4.78 is 44.5. The molecule has 0 unspecified atom stereocenters. The van der Waals surface area contributed by atoms with Crippen molar-refractivity contribution < 1.29 is 22.7 Å². The van der Waals surface area contributed by atoms with Crippen LogP contribution in [0, 0.1) is 6.92 Å². The normalized spacial score (nSPS) is 11.3. The molecular formula is C26H21F3N2O2S. The van der Waals surface area contributed by atoms with E-state index in [4.69, 9.17) is 4.74 Å². The molecule has 1 aromatic heterocycles. The van der Waals surface area contributed by atoms with Crippen LogP contribution < -0.4 is 10.1 Å². The number of thiazole rings is 1. The summed E-state index contributed by atoms with van der Waals surface area (Å²) >= 11 is 1.31. The molecule has 0 radical (unpaired) electrons. The molecule has 0 bridgehead atoms. The van der Waals surface area contributed by atoms with Gasteiger partial charge in [0.05, 0.1) is 5.56 Å². The molecule has 0 aliphatic rings. The predicted molar refractivity (Wildman–Crippen MR) is 126 cm³/mol. The van der Waals surface area contributed by atoms with Gasteiger partial charge in [-0.15, -0.1) is 11.3 Å². The third kappa shape index (κ3) is 6.02. The predicted octanol–water partition coefficient (Wildman–Crippen LogP) is 6.65. The Balaban J connectivity index is 1.39. The van der Waals surface area contributed by atoms with E-state index >= 15 is 0 Å². The summed E-state index contributed by atoms with van der Waals surface area (Å²) in [5.74, 6) is 0.233. The second-order valence-corrected chi connectivity index (χ2v) is 8.58. The fourth-order valence-corrected chi connectivity index (χ4v) is 4.13. The number of amides is 1. The van der Waals surface area contributed by atoms with Gasteiger partial charge in [0.25, 0.3) is 5.91 Å². The number of ether oxygens (including phenoxy) is 1. The lowest BCUT2D eigenvalue weighted by Crippen LogP contribution is -2.23. The molecule has 34 heavy (non-hydrogen) atoms. The Hall–Kier alpha value is -3.65. The maximum Gasteiger partial charge on any atom is 0.416 e. The van der Waals surface area contributed by atoms with Crippen molar-refractivity contribution in [3.05, 3.63) is 106 Å².